The molecule has 2 aromatic rings. The molecule has 0 unspecified atom stereocenters. The quantitative estimate of drug-likeness (QED) is 0.522. The van der Waals surface area contributed by atoms with Crippen molar-refractivity contribution in [2.24, 2.45) is 0 Å². The Morgan fingerprint density at radius 2 is 2.29 bits per heavy atom. The summed E-state index contributed by atoms with van der Waals surface area (Å²) in [7, 11) is 0. The van der Waals surface area contributed by atoms with Gasteiger partial charge in [-0.1, -0.05) is 18.5 Å². The van der Waals surface area contributed by atoms with Crippen molar-refractivity contribution < 1.29 is 9.72 Å². The normalized spacial score (nSPS) is 10.4. The van der Waals surface area contributed by atoms with E-state index < -0.39 is 10.8 Å². The van der Waals surface area contributed by atoms with Crippen LogP contribution in [0.2, 0.25) is 5.15 Å². The highest BCUT2D eigenvalue weighted by molar-refractivity contribution is 6.29. The maximum atomic E-state index is 12.2. The second-order valence-corrected chi connectivity index (χ2v) is 4.74. The number of anilines is 1. The second-order valence-electron chi connectivity index (χ2n) is 4.36. The summed E-state index contributed by atoms with van der Waals surface area (Å²) in [5, 5.41) is 13.7. The monoisotopic (exact) mass is 308 g/mol. The van der Waals surface area contributed by atoms with Crippen LogP contribution in [0.5, 0.6) is 0 Å². The van der Waals surface area contributed by atoms with Crippen LogP contribution in [0.3, 0.4) is 0 Å². The zero-order chi connectivity index (χ0) is 15.4. The molecule has 0 spiro atoms. The van der Waals surface area contributed by atoms with E-state index >= 15 is 0 Å². The van der Waals surface area contributed by atoms with Crippen LogP contribution in [-0.4, -0.2) is 20.4 Å². The Balaban J connectivity index is 2.27. The average Bonchev–Trinajstić information content (AvgIpc) is 2.83. The maximum Gasteiger partial charge on any atom is 0.287 e. The van der Waals surface area contributed by atoms with Crippen molar-refractivity contribution in [2.45, 2.75) is 19.9 Å². The number of carbonyl (C=O) groups excluding carboxylic acids is 1. The molecule has 1 amide bonds. The number of aromatic nitrogens is 2. The molecular formula is C13H13ClN4O3. The number of rotatable bonds is 5. The molecule has 8 heteroatoms. The smallest absolute Gasteiger partial charge is 0.287 e. The summed E-state index contributed by atoms with van der Waals surface area (Å²) in [5.74, 6) is -0.432. The third-order valence-electron chi connectivity index (χ3n) is 2.77. The molecule has 0 aromatic carbocycles. The average molecular weight is 309 g/mol. The molecule has 7 nitrogen and oxygen atoms in total. The molecule has 0 radical (unpaired) electrons. The minimum atomic E-state index is -0.522. The van der Waals surface area contributed by atoms with Gasteiger partial charge in [0.1, 0.15) is 10.8 Å². The van der Waals surface area contributed by atoms with Crippen LogP contribution in [0, 0.1) is 10.1 Å². The number of hydrogen-bond donors (Lipinski definition) is 1. The first-order chi connectivity index (χ1) is 10.0. The number of pyridine rings is 1. The zero-order valence-corrected chi connectivity index (χ0v) is 12.0. The van der Waals surface area contributed by atoms with Gasteiger partial charge in [-0.15, -0.1) is 0 Å². The molecule has 1 N–H and O–H groups in total. The van der Waals surface area contributed by atoms with Crippen LogP contribution < -0.4 is 5.32 Å². The van der Waals surface area contributed by atoms with Gasteiger partial charge in [-0.25, -0.2) is 4.98 Å². The van der Waals surface area contributed by atoms with E-state index in [1.54, 1.807) is 10.6 Å². The van der Waals surface area contributed by atoms with Crippen LogP contribution >= 0.6 is 11.6 Å². The van der Waals surface area contributed by atoms with Crippen LogP contribution in [0.1, 0.15) is 23.8 Å². The molecule has 0 atom stereocenters. The van der Waals surface area contributed by atoms with E-state index in [1.807, 2.05) is 6.92 Å². The van der Waals surface area contributed by atoms with Crippen molar-refractivity contribution in [3.05, 3.63) is 51.6 Å². The van der Waals surface area contributed by atoms with E-state index in [2.05, 4.69) is 10.3 Å². The fourth-order valence-corrected chi connectivity index (χ4v) is 2.06. The lowest BCUT2D eigenvalue weighted by Crippen LogP contribution is -2.16. The summed E-state index contributed by atoms with van der Waals surface area (Å²) < 4.78 is 1.57. The molecular weight excluding hydrogens is 296 g/mol. The number of hydrogen-bond acceptors (Lipinski definition) is 4. The van der Waals surface area contributed by atoms with Crippen LogP contribution in [0.4, 0.5) is 11.4 Å². The third-order valence-corrected chi connectivity index (χ3v) is 2.98. The number of halogens is 1. The first kappa shape index (κ1) is 15.0. The minimum absolute atomic E-state index is 0.110. The Hall–Kier alpha value is -2.41. The van der Waals surface area contributed by atoms with Crippen molar-refractivity contribution in [1.29, 1.82) is 0 Å². The topological polar surface area (TPSA) is 90.1 Å². The van der Waals surface area contributed by atoms with Gasteiger partial charge < -0.3 is 9.88 Å². The summed E-state index contributed by atoms with van der Waals surface area (Å²) >= 11 is 5.74. The highest BCUT2D eigenvalue weighted by Gasteiger charge is 2.19. The Labute approximate surface area is 125 Å². The number of nitrogens with zero attached hydrogens (tertiary/aromatic N) is 3. The van der Waals surface area contributed by atoms with E-state index in [0.29, 0.717) is 12.2 Å². The SMILES string of the molecule is CCCn1cc([N+](=O)[O-])cc1C(=O)Nc1ccnc(Cl)c1. The fraction of sp³-hybridized carbons (Fsp3) is 0.231. The van der Waals surface area contributed by atoms with Gasteiger partial charge in [0, 0.05) is 24.5 Å². The fourth-order valence-electron chi connectivity index (χ4n) is 1.89. The van der Waals surface area contributed by atoms with Crippen molar-refractivity contribution >= 4 is 28.9 Å². The predicted molar refractivity (Wildman–Crippen MR) is 78.6 cm³/mol. The van der Waals surface area contributed by atoms with Gasteiger partial charge >= 0.3 is 0 Å². The van der Waals surface area contributed by atoms with Crippen LogP contribution in [-0.2, 0) is 6.54 Å². The molecule has 0 bridgehead atoms. The molecule has 2 aromatic heterocycles. The lowest BCUT2D eigenvalue weighted by molar-refractivity contribution is -0.384. The summed E-state index contributed by atoms with van der Waals surface area (Å²) in [6.45, 7) is 2.45. The highest BCUT2D eigenvalue weighted by atomic mass is 35.5. The van der Waals surface area contributed by atoms with E-state index in [1.165, 1.54) is 24.5 Å². The first-order valence-corrected chi connectivity index (χ1v) is 6.66. The number of carbonyl (C=O) groups is 1. The molecule has 110 valence electrons. The lowest BCUT2D eigenvalue weighted by atomic mass is 10.3. The van der Waals surface area contributed by atoms with Crippen molar-refractivity contribution in [3.63, 3.8) is 0 Å². The Kier molecular flexibility index (Phi) is 4.54. The third kappa shape index (κ3) is 3.57. The molecule has 0 fully saturated rings. The minimum Gasteiger partial charge on any atom is -0.337 e. The van der Waals surface area contributed by atoms with E-state index in [9.17, 15) is 14.9 Å². The van der Waals surface area contributed by atoms with Gasteiger partial charge in [0.25, 0.3) is 11.6 Å². The van der Waals surface area contributed by atoms with E-state index in [-0.39, 0.29) is 16.5 Å². The number of nitro groups is 1. The largest absolute Gasteiger partial charge is 0.337 e. The predicted octanol–water partition coefficient (Wildman–Crippen LogP) is 3.11. The number of aryl methyl sites for hydroxylation is 1. The zero-order valence-electron chi connectivity index (χ0n) is 11.2. The molecule has 21 heavy (non-hydrogen) atoms. The van der Waals surface area contributed by atoms with Gasteiger partial charge in [-0.05, 0) is 18.6 Å². The van der Waals surface area contributed by atoms with E-state index in [0.717, 1.165) is 6.42 Å². The van der Waals surface area contributed by atoms with Crippen LogP contribution in [0.15, 0.2) is 30.6 Å². The molecule has 0 saturated carbocycles. The van der Waals surface area contributed by atoms with Crippen molar-refractivity contribution in [1.82, 2.24) is 9.55 Å². The molecule has 2 rings (SSSR count). The Bertz CT molecular complexity index is 684. The van der Waals surface area contributed by atoms with Gasteiger partial charge in [0.05, 0.1) is 11.1 Å². The van der Waals surface area contributed by atoms with Crippen molar-refractivity contribution in [2.75, 3.05) is 5.32 Å². The lowest BCUT2D eigenvalue weighted by Gasteiger charge is -2.08. The molecule has 2 heterocycles. The maximum absolute atomic E-state index is 12.2. The summed E-state index contributed by atoms with van der Waals surface area (Å²) in [4.78, 5) is 26.4. The molecule has 0 saturated heterocycles. The molecule has 0 aliphatic carbocycles. The summed E-state index contributed by atoms with van der Waals surface area (Å²) in [5.41, 5.74) is 0.602. The van der Waals surface area contributed by atoms with Gasteiger partial charge in [-0.3, -0.25) is 14.9 Å². The van der Waals surface area contributed by atoms with Crippen LogP contribution in [0.25, 0.3) is 0 Å². The summed E-state index contributed by atoms with van der Waals surface area (Å²) in [6.07, 6.45) is 3.58. The Morgan fingerprint density at radius 3 is 2.90 bits per heavy atom. The van der Waals surface area contributed by atoms with Crippen molar-refractivity contribution in [3.8, 4) is 0 Å². The first-order valence-electron chi connectivity index (χ1n) is 6.28. The number of nitrogens with one attached hydrogen (secondary N) is 1. The molecule has 0 aliphatic heterocycles. The number of amides is 1. The van der Waals surface area contributed by atoms with E-state index in [4.69, 9.17) is 11.6 Å². The molecule has 0 aliphatic rings. The van der Waals surface area contributed by atoms with Gasteiger partial charge in [0.2, 0.25) is 0 Å². The highest BCUT2D eigenvalue weighted by Crippen LogP contribution is 2.19. The summed E-state index contributed by atoms with van der Waals surface area (Å²) in [6, 6.07) is 4.35. The second kappa shape index (κ2) is 6.36. The van der Waals surface area contributed by atoms with Gasteiger partial charge in [0.15, 0.2) is 0 Å². The van der Waals surface area contributed by atoms with Gasteiger partial charge in [-0.2, -0.15) is 0 Å². The standard InChI is InChI=1S/C13H13ClN4O3/c1-2-5-17-8-10(18(20)21)7-11(17)13(19)16-9-3-4-15-12(14)6-9/h3-4,6-8H,2,5H2,1H3,(H,15,16,19). The Morgan fingerprint density at radius 1 is 1.52 bits per heavy atom.